The normalized spacial score (nSPS) is 10.7. The zero-order chi connectivity index (χ0) is 14.2. The lowest BCUT2D eigenvalue weighted by Gasteiger charge is -2.05. The Morgan fingerprint density at radius 2 is 1.95 bits per heavy atom. The Labute approximate surface area is 125 Å². The quantitative estimate of drug-likeness (QED) is 0.766. The van der Waals surface area contributed by atoms with Gasteiger partial charge in [0.25, 0.3) is 0 Å². The van der Waals surface area contributed by atoms with E-state index in [2.05, 4.69) is 17.5 Å². The zero-order valence-corrected chi connectivity index (χ0v) is 12.2. The number of methoxy groups -OCH3 is 1. The van der Waals surface area contributed by atoms with Gasteiger partial charge in [0.15, 0.2) is 0 Å². The molecule has 0 radical (unpaired) electrons. The van der Waals surface area contributed by atoms with Gasteiger partial charge in [-0.2, -0.15) is 0 Å². The summed E-state index contributed by atoms with van der Waals surface area (Å²) in [5, 5.41) is 4.13. The highest BCUT2D eigenvalue weighted by molar-refractivity contribution is 6.30. The van der Waals surface area contributed by atoms with Crippen LogP contribution in [0.15, 0.2) is 54.6 Å². The van der Waals surface area contributed by atoms with Gasteiger partial charge in [0.05, 0.1) is 7.11 Å². The molecular formula is C17H18ClNO. The van der Waals surface area contributed by atoms with Gasteiger partial charge < -0.3 is 10.1 Å². The third-order valence-corrected chi connectivity index (χ3v) is 3.12. The van der Waals surface area contributed by atoms with Crippen molar-refractivity contribution in [3.05, 3.63) is 65.2 Å². The van der Waals surface area contributed by atoms with Crippen LogP contribution < -0.4 is 10.1 Å². The first-order chi connectivity index (χ1) is 9.78. The molecule has 0 saturated carbocycles. The molecule has 0 fully saturated rings. The standard InChI is InChI=1S/C17H18ClNO/c1-20-17-10-8-16(9-11-17)19-12-3-2-5-14-6-4-7-15(18)13-14/h2,4-11,13,19H,3,12H2,1H3/b5-2+. The van der Waals surface area contributed by atoms with Gasteiger partial charge in [-0.05, 0) is 48.4 Å². The Kier molecular flexibility index (Phi) is 5.51. The summed E-state index contributed by atoms with van der Waals surface area (Å²) in [4.78, 5) is 0. The summed E-state index contributed by atoms with van der Waals surface area (Å²) in [6.07, 6.45) is 5.18. The second kappa shape index (κ2) is 7.61. The number of halogens is 1. The minimum absolute atomic E-state index is 0.767. The largest absolute Gasteiger partial charge is 0.497 e. The summed E-state index contributed by atoms with van der Waals surface area (Å²) in [6.45, 7) is 0.892. The van der Waals surface area contributed by atoms with E-state index in [1.807, 2.05) is 48.5 Å². The highest BCUT2D eigenvalue weighted by Gasteiger charge is 1.92. The Balaban J connectivity index is 1.75. The average Bonchev–Trinajstić information content (AvgIpc) is 2.48. The molecule has 0 atom stereocenters. The van der Waals surface area contributed by atoms with Gasteiger partial charge in [-0.25, -0.2) is 0 Å². The molecule has 0 bridgehead atoms. The van der Waals surface area contributed by atoms with E-state index >= 15 is 0 Å². The molecule has 2 rings (SSSR count). The average molecular weight is 288 g/mol. The van der Waals surface area contributed by atoms with Crippen LogP contribution in [0.1, 0.15) is 12.0 Å². The topological polar surface area (TPSA) is 21.3 Å². The number of anilines is 1. The molecule has 0 aliphatic heterocycles. The Hall–Kier alpha value is -1.93. The minimum Gasteiger partial charge on any atom is -0.497 e. The van der Waals surface area contributed by atoms with Crippen molar-refractivity contribution in [1.82, 2.24) is 0 Å². The molecule has 2 nitrogen and oxygen atoms in total. The summed E-state index contributed by atoms with van der Waals surface area (Å²) in [5.74, 6) is 0.872. The van der Waals surface area contributed by atoms with Crippen molar-refractivity contribution in [1.29, 1.82) is 0 Å². The van der Waals surface area contributed by atoms with Gasteiger partial charge in [-0.3, -0.25) is 0 Å². The van der Waals surface area contributed by atoms with E-state index in [1.54, 1.807) is 7.11 Å². The Morgan fingerprint density at radius 3 is 2.65 bits per heavy atom. The lowest BCUT2D eigenvalue weighted by molar-refractivity contribution is 0.415. The molecule has 0 saturated heterocycles. The van der Waals surface area contributed by atoms with Crippen LogP contribution >= 0.6 is 11.6 Å². The molecule has 2 aromatic rings. The molecule has 0 aliphatic rings. The number of benzene rings is 2. The van der Waals surface area contributed by atoms with E-state index in [0.717, 1.165) is 35.0 Å². The summed E-state index contributed by atoms with van der Waals surface area (Å²) in [7, 11) is 1.67. The predicted octanol–water partition coefficient (Wildman–Crippen LogP) is 4.86. The van der Waals surface area contributed by atoms with Gasteiger partial charge in [0, 0.05) is 17.3 Å². The fourth-order valence-electron chi connectivity index (χ4n) is 1.84. The van der Waals surface area contributed by atoms with Crippen molar-refractivity contribution in [3.63, 3.8) is 0 Å². The molecule has 20 heavy (non-hydrogen) atoms. The molecule has 0 aromatic heterocycles. The molecule has 0 amide bonds. The maximum absolute atomic E-state index is 5.93. The van der Waals surface area contributed by atoms with E-state index in [9.17, 15) is 0 Å². The highest BCUT2D eigenvalue weighted by Crippen LogP contribution is 2.15. The maximum atomic E-state index is 5.93. The molecule has 1 N–H and O–H groups in total. The van der Waals surface area contributed by atoms with Crippen LogP contribution in [0.2, 0.25) is 5.02 Å². The molecule has 0 unspecified atom stereocenters. The fourth-order valence-corrected chi connectivity index (χ4v) is 2.04. The van der Waals surface area contributed by atoms with Crippen molar-refractivity contribution in [2.45, 2.75) is 6.42 Å². The molecular weight excluding hydrogens is 270 g/mol. The minimum atomic E-state index is 0.767. The highest BCUT2D eigenvalue weighted by atomic mass is 35.5. The number of rotatable bonds is 6. The van der Waals surface area contributed by atoms with E-state index in [-0.39, 0.29) is 0 Å². The number of ether oxygens (including phenoxy) is 1. The summed E-state index contributed by atoms with van der Waals surface area (Å²) in [6, 6.07) is 15.8. The molecule has 0 spiro atoms. The molecule has 0 aliphatic carbocycles. The third kappa shape index (κ3) is 4.63. The van der Waals surface area contributed by atoms with Gasteiger partial charge >= 0.3 is 0 Å². The van der Waals surface area contributed by atoms with E-state index in [4.69, 9.17) is 16.3 Å². The SMILES string of the molecule is COc1ccc(NCC/C=C/c2cccc(Cl)c2)cc1. The number of nitrogens with one attached hydrogen (secondary N) is 1. The van der Waals surface area contributed by atoms with Gasteiger partial charge in [0.2, 0.25) is 0 Å². The van der Waals surface area contributed by atoms with Crippen LogP contribution in [0.3, 0.4) is 0 Å². The van der Waals surface area contributed by atoms with Crippen molar-refractivity contribution >= 4 is 23.4 Å². The Morgan fingerprint density at radius 1 is 1.15 bits per heavy atom. The van der Waals surface area contributed by atoms with Crippen LogP contribution in [0.5, 0.6) is 5.75 Å². The second-order valence-electron chi connectivity index (χ2n) is 4.40. The van der Waals surface area contributed by atoms with E-state index in [0.29, 0.717) is 0 Å². The lowest BCUT2D eigenvalue weighted by Crippen LogP contribution is -1.99. The summed E-state index contributed by atoms with van der Waals surface area (Å²) >= 11 is 5.93. The van der Waals surface area contributed by atoms with Crippen LogP contribution in [-0.4, -0.2) is 13.7 Å². The molecule has 3 heteroatoms. The smallest absolute Gasteiger partial charge is 0.119 e. The summed E-state index contributed by atoms with van der Waals surface area (Å²) < 4.78 is 5.12. The first-order valence-corrected chi connectivity index (χ1v) is 6.96. The van der Waals surface area contributed by atoms with Gasteiger partial charge in [-0.15, -0.1) is 0 Å². The van der Waals surface area contributed by atoms with Crippen LogP contribution in [0.4, 0.5) is 5.69 Å². The van der Waals surface area contributed by atoms with Gasteiger partial charge in [0.1, 0.15) is 5.75 Å². The second-order valence-corrected chi connectivity index (χ2v) is 4.84. The Bertz CT molecular complexity index is 563. The molecule has 0 heterocycles. The van der Waals surface area contributed by atoms with Crippen molar-refractivity contribution in [2.75, 3.05) is 19.0 Å². The monoisotopic (exact) mass is 287 g/mol. The first-order valence-electron chi connectivity index (χ1n) is 6.58. The van der Waals surface area contributed by atoms with Crippen molar-refractivity contribution in [2.24, 2.45) is 0 Å². The maximum Gasteiger partial charge on any atom is 0.119 e. The molecule has 2 aromatic carbocycles. The number of hydrogen-bond donors (Lipinski definition) is 1. The van der Waals surface area contributed by atoms with Crippen molar-refractivity contribution in [3.8, 4) is 5.75 Å². The van der Waals surface area contributed by atoms with Crippen molar-refractivity contribution < 1.29 is 4.74 Å². The molecule has 104 valence electrons. The lowest BCUT2D eigenvalue weighted by atomic mass is 10.2. The van der Waals surface area contributed by atoms with Crippen LogP contribution in [0, 0.1) is 0 Å². The first kappa shape index (κ1) is 14.5. The fraction of sp³-hybridized carbons (Fsp3) is 0.176. The predicted molar refractivity (Wildman–Crippen MR) is 86.6 cm³/mol. The third-order valence-electron chi connectivity index (χ3n) is 2.89. The van der Waals surface area contributed by atoms with Crippen LogP contribution in [-0.2, 0) is 0 Å². The van der Waals surface area contributed by atoms with Gasteiger partial charge in [-0.1, -0.05) is 35.9 Å². The summed E-state index contributed by atoms with van der Waals surface area (Å²) in [5.41, 5.74) is 2.23. The van der Waals surface area contributed by atoms with E-state index < -0.39 is 0 Å². The number of hydrogen-bond acceptors (Lipinski definition) is 2. The van der Waals surface area contributed by atoms with Crippen LogP contribution in [0.25, 0.3) is 6.08 Å². The van der Waals surface area contributed by atoms with E-state index in [1.165, 1.54) is 0 Å². The zero-order valence-electron chi connectivity index (χ0n) is 11.5.